The highest BCUT2D eigenvalue weighted by Gasteiger charge is 2.15. The number of hydrogen-bond acceptors (Lipinski definition) is 4. The second kappa shape index (κ2) is 5.80. The predicted molar refractivity (Wildman–Crippen MR) is 60.4 cm³/mol. The van der Waals surface area contributed by atoms with Crippen LogP contribution in [-0.2, 0) is 6.42 Å². The first-order valence-corrected chi connectivity index (χ1v) is 4.53. The first kappa shape index (κ1) is 14.0. The molecule has 0 heterocycles. The smallest absolute Gasteiger partial charge is 0.161 e. The Hall–Kier alpha value is -0.970. The second-order valence-electron chi connectivity index (χ2n) is 3.11. The Bertz CT molecular complexity index is 331. The number of aliphatic hydroxyl groups excluding tert-OH is 1. The zero-order chi connectivity index (χ0) is 10.7. The van der Waals surface area contributed by atoms with E-state index in [0.717, 1.165) is 0 Å². The second-order valence-corrected chi connectivity index (χ2v) is 3.11. The van der Waals surface area contributed by atoms with Gasteiger partial charge in [0.2, 0.25) is 0 Å². The number of aromatic hydroxyl groups is 2. The van der Waals surface area contributed by atoms with Crippen LogP contribution in [0.3, 0.4) is 0 Å². The van der Waals surface area contributed by atoms with Gasteiger partial charge in [0.15, 0.2) is 11.5 Å². The van der Waals surface area contributed by atoms with Crippen LogP contribution < -0.4 is 5.73 Å². The van der Waals surface area contributed by atoms with Crippen LogP contribution in [0.5, 0.6) is 11.5 Å². The Balaban J connectivity index is 0.00000196. The molecule has 0 aromatic heterocycles. The Labute approximate surface area is 94.8 Å². The third kappa shape index (κ3) is 2.75. The molecule has 1 atom stereocenters. The maximum Gasteiger partial charge on any atom is 0.161 e. The molecule has 1 rings (SSSR count). The van der Waals surface area contributed by atoms with E-state index in [2.05, 4.69) is 0 Å². The summed E-state index contributed by atoms with van der Waals surface area (Å²) >= 11 is 0. The van der Waals surface area contributed by atoms with Gasteiger partial charge in [-0.2, -0.15) is 0 Å². The number of halogens is 1. The fourth-order valence-electron chi connectivity index (χ4n) is 1.45. The number of nitrogens with two attached hydrogens (primary N) is 1. The largest absolute Gasteiger partial charge is 0.504 e. The average Bonchev–Trinajstić information content (AvgIpc) is 2.20. The van der Waals surface area contributed by atoms with Gasteiger partial charge in [0.25, 0.3) is 0 Å². The molecule has 1 aromatic rings. The summed E-state index contributed by atoms with van der Waals surface area (Å²) in [6, 6.07) is 2.92. The topological polar surface area (TPSA) is 86.7 Å². The van der Waals surface area contributed by atoms with Crippen LogP contribution in [-0.4, -0.2) is 21.9 Å². The molecule has 0 unspecified atom stereocenters. The van der Waals surface area contributed by atoms with E-state index < -0.39 is 6.10 Å². The van der Waals surface area contributed by atoms with Gasteiger partial charge in [0.05, 0.1) is 6.10 Å². The number of phenolic OH excluding ortho intramolecular Hbond substituents is 2. The Morgan fingerprint density at radius 3 is 2.40 bits per heavy atom. The van der Waals surface area contributed by atoms with Gasteiger partial charge in [-0.25, -0.2) is 0 Å². The molecule has 0 radical (unpaired) electrons. The summed E-state index contributed by atoms with van der Waals surface area (Å²) in [6.45, 7) is 1.93. The summed E-state index contributed by atoms with van der Waals surface area (Å²) in [6.07, 6.45) is -0.261. The molecule has 86 valence electrons. The first-order valence-electron chi connectivity index (χ1n) is 4.53. The van der Waals surface area contributed by atoms with Crippen molar-refractivity contribution < 1.29 is 15.3 Å². The van der Waals surface area contributed by atoms with Gasteiger partial charge in [-0.3, -0.25) is 0 Å². The van der Waals surface area contributed by atoms with Gasteiger partial charge >= 0.3 is 0 Å². The van der Waals surface area contributed by atoms with Gasteiger partial charge in [0, 0.05) is 12.1 Å². The van der Waals surface area contributed by atoms with Crippen molar-refractivity contribution in [2.75, 3.05) is 6.54 Å². The van der Waals surface area contributed by atoms with Crippen LogP contribution in [0.15, 0.2) is 12.1 Å². The number of benzene rings is 1. The quantitative estimate of drug-likeness (QED) is 0.589. The molecular formula is C10H16ClNO3. The van der Waals surface area contributed by atoms with Crippen LogP contribution >= 0.6 is 12.4 Å². The van der Waals surface area contributed by atoms with Gasteiger partial charge in [-0.05, 0) is 18.1 Å². The number of rotatable bonds is 3. The Morgan fingerprint density at radius 1 is 1.33 bits per heavy atom. The molecule has 0 bridgehead atoms. The molecule has 0 aliphatic rings. The minimum atomic E-state index is -0.795. The van der Waals surface area contributed by atoms with E-state index >= 15 is 0 Å². The standard InChI is InChI=1S/C10H15NO3.ClH/c1-2-6-7(9(13)5-11)3-4-8(12)10(6)14;/h3-4,9,12-14H,2,5,11H2,1H3;1H/t9-;/m1./s1. The summed E-state index contributed by atoms with van der Waals surface area (Å²) in [5.74, 6) is -0.340. The van der Waals surface area contributed by atoms with Crippen molar-refractivity contribution in [1.82, 2.24) is 0 Å². The highest BCUT2D eigenvalue weighted by atomic mass is 35.5. The van der Waals surface area contributed by atoms with E-state index in [0.29, 0.717) is 17.5 Å². The molecule has 15 heavy (non-hydrogen) atoms. The van der Waals surface area contributed by atoms with E-state index in [-0.39, 0.29) is 30.5 Å². The van der Waals surface area contributed by atoms with Gasteiger partial charge in [0.1, 0.15) is 0 Å². The fraction of sp³-hybridized carbons (Fsp3) is 0.400. The van der Waals surface area contributed by atoms with Gasteiger partial charge in [-0.15, -0.1) is 12.4 Å². The minimum absolute atomic E-state index is 0. The van der Waals surface area contributed by atoms with Crippen molar-refractivity contribution in [1.29, 1.82) is 0 Å². The molecule has 0 aliphatic carbocycles. The van der Waals surface area contributed by atoms with E-state index in [1.165, 1.54) is 6.07 Å². The molecule has 0 saturated carbocycles. The lowest BCUT2D eigenvalue weighted by Crippen LogP contribution is -2.13. The van der Waals surface area contributed by atoms with Crippen molar-refractivity contribution in [3.63, 3.8) is 0 Å². The zero-order valence-corrected chi connectivity index (χ0v) is 9.29. The normalized spacial score (nSPS) is 11.9. The van der Waals surface area contributed by atoms with Crippen molar-refractivity contribution in [3.05, 3.63) is 23.3 Å². The monoisotopic (exact) mass is 233 g/mol. The van der Waals surface area contributed by atoms with Crippen molar-refractivity contribution in [3.8, 4) is 11.5 Å². The molecule has 0 spiro atoms. The maximum absolute atomic E-state index is 9.54. The highest BCUT2D eigenvalue weighted by Crippen LogP contribution is 2.34. The van der Waals surface area contributed by atoms with Crippen molar-refractivity contribution in [2.45, 2.75) is 19.4 Å². The lowest BCUT2D eigenvalue weighted by atomic mass is 9.99. The zero-order valence-electron chi connectivity index (χ0n) is 8.47. The molecule has 0 amide bonds. The van der Waals surface area contributed by atoms with E-state index in [9.17, 15) is 15.3 Å². The van der Waals surface area contributed by atoms with Crippen LogP contribution in [0.4, 0.5) is 0 Å². The van der Waals surface area contributed by atoms with Gasteiger partial charge in [-0.1, -0.05) is 13.0 Å². The van der Waals surface area contributed by atoms with E-state index in [1.54, 1.807) is 6.07 Å². The summed E-state index contributed by atoms with van der Waals surface area (Å²) < 4.78 is 0. The van der Waals surface area contributed by atoms with E-state index in [1.807, 2.05) is 6.92 Å². The maximum atomic E-state index is 9.54. The Kier molecular flexibility index (Phi) is 5.43. The molecule has 0 saturated heterocycles. The Morgan fingerprint density at radius 2 is 1.93 bits per heavy atom. The van der Waals surface area contributed by atoms with E-state index in [4.69, 9.17) is 5.73 Å². The lowest BCUT2D eigenvalue weighted by molar-refractivity contribution is 0.185. The highest BCUT2D eigenvalue weighted by molar-refractivity contribution is 5.85. The summed E-state index contributed by atoms with van der Waals surface area (Å²) in [5.41, 5.74) is 6.44. The third-order valence-corrected chi connectivity index (χ3v) is 2.23. The lowest BCUT2D eigenvalue weighted by Gasteiger charge is -2.14. The number of phenols is 2. The summed E-state index contributed by atoms with van der Waals surface area (Å²) in [5, 5.41) is 28.3. The molecule has 4 nitrogen and oxygen atoms in total. The fourth-order valence-corrected chi connectivity index (χ4v) is 1.45. The van der Waals surface area contributed by atoms with Gasteiger partial charge < -0.3 is 21.1 Å². The minimum Gasteiger partial charge on any atom is -0.504 e. The molecule has 0 fully saturated rings. The molecule has 1 aromatic carbocycles. The van der Waals surface area contributed by atoms with Crippen molar-refractivity contribution in [2.24, 2.45) is 5.73 Å². The SMILES string of the molecule is CCc1c([C@H](O)CN)ccc(O)c1O.Cl. The first-order chi connectivity index (χ1) is 6.61. The summed E-state index contributed by atoms with van der Waals surface area (Å²) in [7, 11) is 0. The van der Waals surface area contributed by atoms with Crippen molar-refractivity contribution >= 4 is 12.4 Å². The third-order valence-electron chi connectivity index (χ3n) is 2.23. The van der Waals surface area contributed by atoms with Crippen LogP contribution in [0, 0.1) is 0 Å². The van der Waals surface area contributed by atoms with Crippen LogP contribution in [0.2, 0.25) is 0 Å². The molecule has 5 N–H and O–H groups in total. The van der Waals surface area contributed by atoms with Crippen LogP contribution in [0.25, 0.3) is 0 Å². The summed E-state index contributed by atoms with van der Waals surface area (Å²) in [4.78, 5) is 0. The molecule has 0 aliphatic heterocycles. The molecule has 5 heteroatoms. The number of hydrogen-bond donors (Lipinski definition) is 4. The number of aliphatic hydroxyl groups is 1. The molecular weight excluding hydrogens is 218 g/mol. The van der Waals surface area contributed by atoms with Crippen LogP contribution in [0.1, 0.15) is 24.2 Å². The predicted octanol–water partition coefficient (Wildman–Crippen LogP) is 1.07. The average molecular weight is 234 g/mol.